The van der Waals surface area contributed by atoms with Crippen LogP contribution in [0.1, 0.15) is 15.9 Å². The van der Waals surface area contributed by atoms with Crippen LogP contribution in [0.15, 0.2) is 73.1 Å². The molecule has 3 heterocycles. The van der Waals surface area contributed by atoms with Crippen molar-refractivity contribution in [2.75, 3.05) is 31.1 Å². The van der Waals surface area contributed by atoms with Crippen molar-refractivity contribution >= 4 is 17.2 Å². The number of nitrogens with zero attached hydrogens (tertiary/aromatic N) is 5. The third-order valence-electron chi connectivity index (χ3n) is 5.63. The number of aromatic nitrogens is 3. The van der Waals surface area contributed by atoms with Crippen molar-refractivity contribution in [3.8, 4) is 11.3 Å². The molecule has 1 amide bonds. The van der Waals surface area contributed by atoms with Crippen LogP contribution in [0.3, 0.4) is 0 Å². The summed E-state index contributed by atoms with van der Waals surface area (Å²) in [5, 5.41) is 4.48. The summed E-state index contributed by atoms with van der Waals surface area (Å²) in [6.45, 7) is 5.10. The maximum absolute atomic E-state index is 13.2. The quantitative estimate of drug-likeness (QED) is 0.529. The van der Waals surface area contributed by atoms with Crippen LogP contribution in [0.4, 0.5) is 5.69 Å². The molecule has 0 unspecified atom stereocenters. The first-order chi connectivity index (χ1) is 14.7. The average Bonchev–Trinajstić information content (AvgIpc) is 3.23. The molecule has 1 fully saturated rings. The lowest BCUT2D eigenvalue weighted by molar-refractivity contribution is 0.0748. The molecule has 6 heteroatoms. The third kappa shape index (κ3) is 3.30. The average molecular weight is 397 g/mol. The molecule has 0 bridgehead atoms. The van der Waals surface area contributed by atoms with Crippen LogP contribution in [0.25, 0.3) is 16.9 Å². The van der Waals surface area contributed by atoms with Gasteiger partial charge in [-0.3, -0.25) is 4.79 Å². The molecule has 1 aliphatic rings. The molecule has 4 aromatic rings. The summed E-state index contributed by atoms with van der Waals surface area (Å²) in [5.74, 6) is -0.00777. The standard InChI is InChI=1S/C24H23N5O/c1-18-6-5-9-20(16-18)27-12-14-28(15-13-27)24(30)21-17-26-29-22(10-11-25-23(21)29)19-7-3-2-4-8-19/h2-11,16-17H,12-15H2,1H3. The van der Waals surface area contributed by atoms with E-state index < -0.39 is 0 Å². The van der Waals surface area contributed by atoms with E-state index in [4.69, 9.17) is 0 Å². The monoisotopic (exact) mass is 397 g/mol. The van der Waals surface area contributed by atoms with E-state index >= 15 is 0 Å². The van der Waals surface area contributed by atoms with Crippen molar-refractivity contribution in [2.24, 2.45) is 0 Å². The summed E-state index contributed by atoms with van der Waals surface area (Å²) < 4.78 is 1.76. The van der Waals surface area contributed by atoms with E-state index in [0.717, 1.165) is 24.3 Å². The first-order valence-electron chi connectivity index (χ1n) is 10.2. The second-order valence-corrected chi connectivity index (χ2v) is 7.61. The summed E-state index contributed by atoms with van der Waals surface area (Å²) in [5.41, 5.74) is 5.58. The number of aryl methyl sites for hydroxylation is 1. The van der Waals surface area contributed by atoms with Crippen molar-refractivity contribution in [1.29, 1.82) is 0 Å². The fourth-order valence-corrected chi connectivity index (χ4v) is 4.03. The molecular formula is C24H23N5O. The second kappa shape index (κ2) is 7.63. The highest BCUT2D eigenvalue weighted by molar-refractivity contribution is 6.00. The van der Waals surface area contributed by atoms with E-state index in [9.17, 15) is 4.79 Å². The molecule has 6 nitrogen and oxygen atoms in total. The van der Waals surface area contributed by atoms with E-state index in [2.05, 4.69) is 46.2 Å². The number of hydrogen-bond donors (Lipinski definition) is 0. The van der Waals surface area contributed by atoms with E-state index in [-0.39, 0.29) is 5.91 Å². The number of rotatable bonds is 3. The smallest absolute Gasteiger partial charge is 0.259 e. The van der Waals surface area contributed by atoms with Gasteiger partial charge in [0.1, 0.15) is 5.56 Å². The highest BCUT2D eigenvalue weighted by Crippen LogP contribution is 2.23. The number of piperazine rings is 1. The van der Waals surface area contributed by atoms with Crippen molar-refractivity contribution in [3.63, 3.8) is 0 Å². The number of hydrogen-bond acceptors (Lipinski definition) is 4. The Balaban J connectivity index is 1.37. The number of anilines is 1. The fraction of sp³-hybridized carbons (Fsp3) is 0.208. The van der Waals surface area contributed by atoms with Gasteiger partial charge in [0.05, 0.1) is 11.9 Å². The van der Waals surface area contributed by atoms with Gasteiger partial charge in [-0.05, 0) is 30.7 Å². The van der Waals surface area contributed by atoms with Gasteiger partial charge in [-0.25, -0.2) is 9.50 Å². The Bertz CT molecular complexity index is 1190. The number of carbonyl (C=O) groups excluding carboxylic acids is 1. The topological polar surface area (TPSA) is 53.7 Å². The molecule has 0 aliphatic carbocycles. The third-order valence-corrected chi connectivity index (χ3v) is 5.63. The Kier molecular flexibility index (Phi) is 4.67. The number of benzene rings is 2. The summed E-state index contributed by atoms with van der Waals surface area (Å²) in [7, 11) is 0. The minimum atomic E-state index is -0.00777. The largest absolute Gasteiger partial charge is 0.368 e. The predicted molar refractivity (Wildman–Crippen MR) is 118 cm³/mol. The van der Waals surface area contributed by atoms with E-state index in [1.807, 2.05) is 41.3 Å². The van der Waals surface area contributed by atoms with Crippen LogP contribution >= 0.6 is 0 Å². The van der Waals surface area contributed by atoms with Crippen LogP contribution in [-0.4, -0.2) is 51.6 Å². The van der Waals surface area contributed by atoms with Crippen molar-refractivity contribution < 1.29 is 4.79 Å². The molecule has 0 N–H and O–H groups in total. The van der Waals surface area contributed by atoms with Gasteiger partial charge in [0.25, 0.3) is 5.91 Å². The lowest BCUT2D eigenvalue weighted by Gasteiger charge is -2.36. The summed E-state index contributed by atoms with van der Waals surface area (Å²) in [6, 6.07) is 20.5. The van der Waals surface area contributed by atoms with Gasteiger partial charge >= 0.3 is 0 Å². The second-order valence-electron chi connectivity index (χ2n) is 7.61. The molecule has 30 heavy (non-hydrogen) atoms. The molecule has 150 valence electrons. The molecule has 2 aromatic heterocycles. The Morgan fingerprint density at radius 2 is 1.73 bits per heavy atom. The normalized spacial score (nSPS) is 14.3. The summed E-state index contributed by atoms with van der Waals surface area (Å²) in [4.78, 5) is 21.9. The van der Waals surface area contributed by atoms with Gasteiger partial charge in [0, 0.05) is 43.6 Å². The van der Waals surface area contributed by atoms with Crippen molar-refractivity contribution in [2.45, 2.75) is 6.92 Å². The van der Waals surface area contributed by atoms with E-state index in [1.165, 1.54) is 11.3 Å². The molecule has 0 spiro atoms. The van der Waals surface area contributed by atoms with Crippen LogP contribution < -0.4 is 4.90 Å². The summed E-state index contributed by atoms with van der Waals surface area (Å²) >= 11 is 0. The maximum Gasteiger partial charge on any atom is 0.259 e. The number of amides is 1. The number of fused-ring (bicyclic) bond motifs is 1. The van der Waals surface area contributed by atoms with E-state index in [0.29, 0.717) is 24.3 Å². The Hall–Kier alpha value is -3.67. The zero-order valence-electron chi connectivity index (χ0n) is 16.9. The SMILES string of the molecule is Cc1cccc(N2CCN(C(=O)c3cnn4c(-c5ccccc5)ccnc34)CC2)c1. The molecule has 0 saturated carbocycles. The van der Waals surface area contributed by atoms with Crippen LogP contribution in [0.5, 0.6) is 0 Å². The molecule has 5 rings (SSSR count). The zero-order chi connectivity index (χ0) is 20.5. The number of carbonyl (C=O) groups is 1. The molecular weight excluding hydrogens is 374 g/mol. The van der Waals surface area contributed by atoms with Crippen LogP contribution in [0, 0.1) is 6.92 Å². The van der Waals surface area contributed by atoms with Gasteiger partial charge in [-0.1, -0.05) is 42.5 Å². The first-order valence-corrected chi connectivity index (χ1v) is 10.2. The first kappa shape index (κ1) is 18.4. The van der Waals surface area contributed by atoms with E-state index in [1.54, 1.807) is 16.9 Å². The molecule has 2 aromatic carbocycles. The molecule has 1 saturated heterocycles. The maximum atomic E-state index is 13.2. The molecule has 0 atom stereocenters. The van der Waals surface area contributed by atoms with Gasteiger partial charge in [-0.2, -0.15) is 5.10 Å². The van der Waals surface area contributed by atoms with Gasteiger partial charge in [-0.15, -0.1) is 0 Å². The Labute approximate surface area is 175 Å². The van der Waals surface area contributed by atoms with Gasteiger partial charge in [0.15, 0.2) is 5.65 Å². The fourth-order valence-electron chi connectivity index (χ4n) is 4.03. The van der Waals surface area contributed by atoms with Gasteiger partial charge in [0.2, 0.25) is 0 Å². The van der Waals surface area contributed by atoms with Crippen LogP contribution in [-0.2, 0) is 0 Å². The minimum Gasteiger partial charge on any atom is -0.368 e. The van der Waals surface area contributed by atoms with Gasteiger partial charge < -0.3 is 9.80 Å². The molecule has 0 radical (unpaired) electrons. The van der Waals surface area contributed by atoms with Crippen LogP contribution in [0.2, 0.25) is 0 Å². The highest BCUT2D eigenvalue weighted by Gasteiger charge is 2.25. The Morgan fingerprint density at radius 1 is 0.933 bits per heavy atom. The lowest BCUT2D eigenvalue weighted by atomic mass is 10.1. The highest BCUT2D eigenvalue weighted by atomic mass is 16.2. The van der Waals surface area contributed by atoms with Crippen molar-refractivity contribution in [1.82, 2.24) is 19.5 Å². The zero-order valence-corrected chi connectivity index (χ0v) is 16.9. The summed E-state index contributed by atoms with van der Waals surface area (Å²) in [6.07, 6.45) is 3.38. The Morgan fingerprint density at radius 3 is 2.50 bits per heavy atom. The lowest BCUT2D eigenvalue weighted by Crippen LogP contribution is -2.48. The predicted octanol–water partition coefficient (Wildman–Crippen LogP) is 3.67. The minimum absolute atomic E-state index is 0.00777. The molecule has 1 aliphatic heterocycles. The van der Waals surface area contributed by atoms with Crippen molar-refractivity contribution in [3.05, 3.63) is 84.2 Å².